The molecule has 0 aliphatic rings. The number of hydrogen-bond acceptors (Lipinski definition) is 6. The first kappa shape index (κ1) is 26.7. The number of anilines is 1. The molecule has 1 amide bonds. The standard InChI is InChI=1S/C26H21Cl2NO7/c1-2-15-5-3-4-6-20(15)29-23(30)21(35-25(33)16-7-11-18(27)12-8-16)22(24(31)32)36-26(34)17-9-13-19(28)14-10-17/h3-14,21-22H,2H2,1H3,(H,29,30)(H,31,32)/t21-,22-/m0/s1. The minimum absolute atomic E-state index is 0.00911. The molecule has 0 unspecified atom stereocenters. The van der Waals surface area contributed by atoms with Crippen molar-refractivity contribution in [3.8, 4) is 0 Å². The van der Waals surface area contributed by atoms with Crippen molar-refractivity contribution >= 4 is 52.7 Å². The number of carbonyl (C=O) groups excluding carboxylic acids is 3. The highest BCUT2D eigenvalue weighted by molar-refractivity contribution is 6.31. The number of carboxylic acid groups (broad SMARTS) is 1. The second-order valence-corrected chi connectivity index (χ2v) is 8.38. The molecule has 3 aromatic rings. The van der Waals surface area contributed by atoms with E-state index in [1.807, 2.05) is 6.92 Å². The molecular formula is C26H21Cl2NO7. The maximum absolute atomic E-state index is 13.2. The first-order valence-electron chi connectivity index (χ1n) is 10.7. The molecule has 2 atom stereocenters. The van der Waals surface area contributed by atoms with Crippen LogP contribution in [0.15, 0.2) is 72.8 Å². The van der Waals surface area contributed by atoms with Gasteiger partial charge in [0.1, 0.15) is 0 Å². The Bertz CT molecular complexity index is 1260. The van der Waals surface area contributed by atoms with Crippen LogP contribution in [0.25, 0.3) is 0 Å². The number of ether oxygens (including phenoxy) is 2. The van der Waals surface area contributed by atoms with E-state index in [9.17, 15) is 24.3 Å². The molecule has 8 nitrogen and oxygen atoms in total. The molecule has 3 aromatic carbocycles. The molecule has 0 fully saturated rings. The minimum atomic E-state index is -2.15. The SMILES string of the molecule is CCc1ccccc1NC(=O)[C@@H](OC(=O)c1ccc(Cl)cc1)[C@H](OC(=O)c1ccc(Cl)cc1)C(=O)O. The highest BCUT2D eigenvalue weighted by Crippen LogP contribution is 2.20. The topological polar surface area (TPSA) is 119 Å². The predicted molar refractivity (Wildman–Crippen MR) is 133 cm³/mol. The van der Waals surface area contributed by atoms with Crippen LogP contribution in [0, 0.1) is 0 Å². The van der Waals surface area contributed by atoms with Gasteiger partial charge in [-0.25, -0.2) is 14.4 Å². The van der Waals surface area contributed by atoms with Crippen LogP contribution in [0.3, 0.4) is 0 Å². The molecule has 2 N–H and O–H groups in total. The molecule has 0 heterocycles. The Labute approximate surface area is 216 Å². The molecule has 0 aliphatic heterocycles. The van der Waals surface area contributed by atoms with Crippen molar-refractivity contribution in [2.24, 2.45) is 0 Å². The molecule has 186 valence electrons. The van der Waals surface area contributed by atoms with Gasteiger partial charge in [0.25, 0.3) is 5.91 Å². The summed E-state index contributed by atoms with van der Waals surface area (Å²) in [4.78, 5) is 50.8. The van der Waals surface area contributed by atoms with Crippen molar-refractivity contribution in [3.05, 3.63) is 99.5 Å². The number of esters is 2. The molecule has 3 rings (SSSR count). The number of aliphatic carboxylic acids is 1. The first-order valence-corrected chi connectivity index (χ1v) is 11.5. The third-order valence-corrected chi connectivity index (χ3v) is 5.56. The fraction of sp³-hybridized carbons (Fsp3) is 0.154. The van der Waals surface area contributed by atoms with Crippen molar-refractivity contribution in [2.75, 3.05) is 5.32 Å². The Morgan fingerprint density at radius 2 is 1.25 bits per heavy atom. The second kappa shape index (κ2) is 12.2. The van der Waals surface area contributed by atoms with Gasteiger partial charge in [0, 0.05) is 15.7 Å². The summed E-state index contributed by atoms with van der Waals surface area (Å²) in [5.41, 5.74) is 1.16. The Kier molecular flexibility index (Phi) is 9.05. The Morgan fingerprint density at radius 3 is 1.72 bits per heavy atom. The van der Waals surface area contributed by atoms with Gasteiger partial charge >= 0.3 is 17.9 Å². The lowest BCUT2D eigenvalue weighted by atomic mass is 10.1. The molecule has 0 saturated heterocycles. The van der Waals surface area contributed by atoms with Gasteiger partial charge in [-0.1, -0.05) is 48.3 Å². The fourth-order valence-electron chi connectivity index (χ4n) is 3.19. The molecule has 0 radical (unpaired) electrons. The monoisotopic (exact) mass is 529 g/mol. The van der Waals surface area contributed by atoms with Gasteiger partial charge in [-0.15, -0.1) is 0 Å². The second-order valence-electron chi connectivity index (χ2n) is 7.50. The number of benzene rings is 3. The third kappa shape index (κ3) is 6.84. The summed E-state index contributed by atoms with van der Waals surface area (Å²) in [5.74, 6) is -4.74. The summed E-state index contributed by atoms with van der Waals surface area (Å²) >= 11 is 11.7. The van der Waals surface area contributed by atoms with E-state index in [1.165, 1.54) is 48.5 Å². The molecule has 0 spiro atoms. The molecular weight excluding hydrogens is 509 g/mol. The quantitative estimate of drug-likeness (QED) is 0.373. The zero-order valence-electron chi connectivity index (χ0n) is 18.9. The van der Waals surface area contributed by atoms with Gasteiger partial charge < -0.3 is 19.9 Å². The number of nitrogens with one attached hydrogen (secondary N) is 1. The molecule has 0 aliphatic carbocycles. The normalized spacial score (nSPS) is 12.2. The van der Waals surface area contributed by atoms with Gasteiger partial charge in [0.15, 0.2) is 0 Å². The van der Waals surface area contributed by atoms with Crippen LogP contribution < -0.4 is 5.32 Å². The van der Waals surface area contributed by atoms with Crippen LogP contribution in [-0.2, 0) is 25.5 Å². The zero-order valence-corrected chi connectivity index (χ0v) is 20.5. The Hall–Kier alpha value is -3.88. The maximum Gasteiger partial charge on any atom is 0.349 e. The van der Waals surface area contributed by atoms with E-state index in [1.54, 1.807) is 24.3 Å². The predicted octanol–water partition coefficient (Wildman–Crippen LogP) is 5.03. The van der Waals surface area contributed by atoms with E-state index in [2.05, 4.69) is 5.32 Å². The largest absolute Gasteiger partial charge is 0.478 e. The summed E-state index contributed by atoms with van der Waals surface area (Å²) in [6, 6.07) is 17.9. The number of hydrogen-bond donors (Lipinski definition) is 2. The third-order valence-electron chi connectivity index (χ3n) is 5.06. The fourth-order valence-corrected chi connectivity index (χ4v) is 3.44. The lowest BCUT2D eigenvalue weighted by Gasteiger charge is -2.24. The zero-order chi connectivity index (χ0) is 26.2. The molecule has 10 heteroatoms. The maximum atomic E-state index is 13.2. The highest BCUT2D eigenvalue weighted by Gasteiger charge is 2.41. The summed E-state index contributed by atoms with van der Waals surface area (Å²) in [5, 5.41) is 13.1. The van der Waals surface area contributed by atoms with Crippen molar-refractivity contribution in [1.82, 2.24) is 0 Å². The number of aryl methyl sites for hydroxylation is 1. The molecule has 0 bridgehead atoms. The lowest BCUT2D eigenvalue weighted by Crippen LogP contribution is -2.48. The average molecular weight is 530 g/mol. The average Bonchev–Trinajstić information content (AvgIpc) is 2.86. The Morgan fingerprint density at radius 1 is 0.778 bits per heavy atom. The lowest BCUT2D eigenvalue weighted by molar-refractivity contribution is -0.157. The van der Waals surface area contributed by atoms with Gasteiger partial charge in [-0.05, 0) is 66.6 Å². The number of para-hydroxylation sites is 1. The van der Waals surface area contributed by atoms with Crippen molar-refractivity contribution in [2.45, 2.75) is 25.6 Å². The highest BCUT2D eigenvalue weighted by atomic mass is 35.5. The van der Waals surface area contributed by atoms with Crippen molar-refractivity contribution in [1.29, 1.82) is 0 Å². The van der Waals surface area contributed by atoms with Crippen LogP contribution >= 0.6 is 23.2 Å². The summed E-state index contributed by atoms with van der Waals surface area (Å²) in [6.45, 7) is 1.87. The van der Waals surface area contributed by atoms with Gasteiger partial charge in [0.2, 0.25) is 12.2 Å². The minimum Gasteiger partial charge on any atom is -0.478 e. The molecule has 0 saturated carbocycles. The van der Waals surface area contributed by atoms with Gasteiger partial charge in [-0.2, -0.15) is 0 Å². The van der Waals surface area contributed by atoms with E-state index >= 15 is 0 Å². The van der Waals surface area contributed by atoms with Crippen LogP contribution in [0.4, 0.5) is 5.69 Å². The van der Waals surface area contributed by atoms with Gasteiger partial charge in [-0.3, -0.25) is 4.79 Å². The number of rotatable bonds is 9. The van der Waals surface area contributed by atoms with Crippen LogP contribution in [0.1, 0.15) is 33.2 Å². The molecule has 0 aromatic heterocycles. The Balaban J connectivity index is 1.93. The van der Waals surface area contributed by atoms with Crippen LogP contribution in [-0.4, -0.2) is 41.1 Å². The van der Waals surface area contributed by atoms with E-state index in [4.69, 9.17) is 32.7 Å². The van der Waals surface area contributed by atoms with Gasteiger partial charge in [0.05, 0.1) is 11.1 Å². The summed E-state index contributed by atoms with van der Waals surface area (Å²) in [6.07, 6.45) is -3.61. The number of halogens is 2. The van der Waals surface area contributed by atoms with Crippen LogP contribution in [0.5, 0.6) is 0 Å². The van der Waals surface area contributed by atoms with E-state index in [0.29, 0.717) is 22.2 Å². The van der Waals surface area contributed by atoms with E-state index < -0.39 is 36.0 Å². The van der Waals surface area contributed by atoms with Crippen molar-refractivity contribution < 1.29 is 33.8 Å². The number of carboxylic acids is 1. The number of amides is 1. The summed E-state index contributed by atoms with van der Waals surface area (Å²) in [7, 11) is 0. The smallest absolute Gasteiger partial charge is 0.349 e. The number of carbonyl (C=O) groups is 4. The first-order chi connectivity index (χ1) is 17.2. The van der Waals surface area contributed by atoms with Crippen molar-refractivity contribution in [3.63, 3.8) is 0 Å². The van der Waals surface area contributed by atoms with E-state index in [0.717, 1.165) is 5.56 Å². The van der Waals surface area contributed by atoms with E-state index in [-0.39, 0.29) is 11.1 Å². The molecule has 36 heavy (non-hydrogen) atoms. The summed E-state index contributed by atoms with van der Waals surface area (Å²) < 4.78 is 10.4. The van der Waals surface area contributed by atoms with Crippen LogP contribution in [0.2, 0.25) is 10.0 Å².